The molecule has 0 N–H and O–H groups in total. The number of aliphatic imine (C=N–C) groups is 1. The van der Waals surface area contributed by atoms with E-state index < -0.39 is 0 Å². The van der Waals surface area contributed by atoms with Gasteiger partial charge in [-0.25, -0.2) is 0 Å². The third-order valence-corrected chi connectivity index (χ3v) is 2.09. The van der Waals surface area contributed by atoms with E-state index in [1.807, 2.05) is 6.21 Å². The van der Waals surface area contributed by atoms with Gasteiger partial charge in [0.25, 0.3) is 0 Å². The minimum atomic E-state index is 0.839. The van der Waals surface area contributed by atoms with Gasteiger partial charge < -0.3 is 4.90 Å². The molecule has 68 valence electrons. The van der Waals surface area contributed by atoms with Gasteiger partial charge in [0, 0.05) is 19.0 Å². The predicted molar refractivity (Wildman–Crippen MR) is 53.3 cm³/mol. The molecule has 0 saturated heterocycles. The predicted octanol–water partition coefficient (Wildman–Crippen LogP) is 2.42. The summed E-state index contributed by atoms with van der Waals surface area (Å²) in [5.74, 6) is 0. The van der Waals surface area contributed by atoms with Crippen molar-refractivity contribution in [1.29, 1.82) is 0 Å². The van der Waals surface area contributed by atoms with E-state index in [0.717, 1.165) is 13.2 Å². The van der Waals surface area contributed by atoms with Gasteiger partial charge in [0.15, 0.2) is 0 Å². The SMILES string of the molecule is CCCCC1=CN(CC)CN=C1. The van der Waals surface area contributed by atoms with Crippen molar-refractivity contribution in [1.82, 2.24) is 4.90 Å². The Morgan fingerprint density at radius 1 is 1.50 bits per heavy atom. The maximum absolute atomic E-state index is 4.30. The second-order valence-electron chi connectivity index (χ2n) is 3.17. The maximum Gasteiger partial charge on any atom is 0.109 e. The third kappa shape index (κ3) is 2.68. The first-order valence-electron chi connectivity index (χ1n) is 4.81. The van der Waals surface area contributed by atoms with Crippen LogP contribution in [0.15, 0.2) is 16.8 Å². The average molecular weight is 166 g/mol. The summed E-state index contributed by atoms with van der Waals surface area (Å²) >= 11 is 0. The maximum atomic E-state index is 4.30. The van der Waals surface area contributed by atoms with Crippen LogP contribution in [0.1, 0.15) is 33.1 Å². The van der Waals surface area contributed by atoms with Gasteiger partial charge in [-0.05, 0) is 25.3 Å². The molecule has 1 heterocycles. The zero-order chi connectivity index (χ0) is 8.81. The van der Waals surface area contributed by atoms with Gasteiger partial charge in [-0.3, -0.25) is 4.99 Å². The van der Waals surface area contributed by atoms with E-state index in [9.17, 15) is 0 Å². The summed E-state index contributed by atoms with van der Waals surface area (Å²) in [5, 5.41) is 0. The highest BCUT2D eigenvalue weighted by molar-refractivity contribution is 5.78. The van der Waals surface area contributed by atoms with Crippen LogP contribution in [0, 0.1) is 0 Å². The van der Waals surface area contributed by atoms with E-state index in [0.29, 0.717) is 0 Å². The van der Waals surface area contributed by atoms with Gasteiger partial charge in [0.2, 0.25) is 0 Å². The lowest BCUT2D eigenvalue weighted by molar-refractivity contribution is 0.403. The molecule has 0 bridgehead atoms. The van der Waals surface area contributed by atoms with Crippen molar-refractivity contribution in [2.24, 2.45) is 4.99 Å². The van der Waals surface area contributed by atoms with E-state index in [-0.39, 0.29) is 0 Å². The molecule has 0 saturated carbocycles. The van der Waals surface area contributed by atoms with Crippen molar-refractivity contribution in [2.45, 2.75) is 33.1 Å². The Labute approximate surface area is 75.0 Å². The molecule has 0 aromatic heterocycles. The molecular weight excluding hydrogens is 148 g/mol. The van der Waals surface area contributed by atoms with Crippen LogP contribution < -0.4 is 0 Å². The Hall–Kier alpha value is -0.790. The van der Waals surface area contributed by atoms with Crippen molar-refractivity contribution in [3.63, 3.8) is 0 Å². The fraction of sp³-hybridized carbons (Fsp3) is 0.700. The molecule has 0 fully saturated rings. The molecule has 0 aromatic carbocycles. The summed E-state index contributed by atoms with van der Waals surface area (Å²) in [4.78, 5) is 6.54. The zero-order valence-corrected chi connectivity index (χ0v) is 8.08. The first-order chi connectivity index (χ1) is 5.86. The van der Waals surface area contributed by atoms with Crippen LogP contribution >= 0.6 is 0 Å². The lowest BCUT2D eigenvalue weighted by Gasteiger charge is -2.20. The number of allylic oxidation sites excluding steroid dienone is 1. The van der Waals surface area contributed by atoms with Gasteiger partial charge in [-0.2, -0.15) is 0 Å². The van der Waals surface area contributed by atoms with E-state index in [2.05, 4.69) is 29.9 Å². The minimum Gasteiger partial charge on any atom is -0.358 e. The second-order valence-corrected chi connectivity index (χ2v) is 3.17. The van der Waals surface area contributed by atoms with Crippen molar-refractivity contribution in [3.05, 3.63) is 11.8 Å². The smallest absolute Gasteiger partial charge is 0.109 e. The normalized spacial score (nSPS) is 16.5. The van der Waals surface area contributed by atoms with Crippen LogP contribution in [-0.2, 0) is 0 Å². The molecule has 2 heteroatoms. The Bertz CT molecular complexity index is 182. The van der Waals surface area contributed by atoms with E-state index >= 15 is 0 Å². The molecule has 0 radical (unpaired) electrons. The van der Waals surface area contributed by atoms with E-state index in [1.165, 1.54) is 24.8 Å². The number of hydrogen-bond donors (Lipinski definition) is 0. The molecule has 1 aliphatic heterocycles. The van der Waals surface area contributed by atoms with Crippen LogP contribution in [-0.4, -0.2) is 24.3 Å². The standard InChI is InChI=1S/C10H18N2/c1-3-5-6-10-7-11-9-12(4-2)8-10/h7-8H,3-6,9H2,1-2H3. The van der Waals surface area contributed by atoms with Crippen LogP contribution in [0.4, 0.5) is 0 Å². The number of hydrogen-bond acceptors (Lipinski definition) is 2. The van der Waals surface area contributed by atoms with Crippen LogP contribution in [0.5, 0.6) is 0 Å². The van der Waals surface area contributed by atoms with Gasteiger partial charge >= 0.3 is 0 Å². The lowest BCUT2D eigenvalue weighted by atomic mass is 10.1. The Kier molecular flexibility index (Phi) is 3.85. The van der Waals surface area contributed by atoms with Gasteiger partial charge in [-0.15, -0.1) is 0 Å². The molecule has 12 heavy (non-hydrogen) atoms. The highest BCUT2D eigenvalue weighted by atomic mass is 15.2. The van der Waals surface area contributed by atoms with Gasteiger partial charge in [0.1, 0.15) is 6.67 Å². The number of rotatable bonds is 4. The molecule has 2 nitrogen and oxygen atoms in total. The van der Waals surface area contributed by atoms with E-state index in [4.69, 9.17) is 0 Å². The van der Waals surface area contributed by atoms with Crippen LogP contribution in [0.3, 0.4) is 0 Å². The molecule has 0 aliphatic carbocycles. The fourth-order valence-corrected chi connectivity index (χ4v) is 1.27. The molecule has 0 unspecified atom stereocenters. The second kappa shape index (κ2) is 4.96. The average Bonchev–Trinajstić information content (AvgIpc) is 2.15. The number of unbranched alkanes of at least 4 members (excludes halogenated alkanes) is 1. The fourth-order valence-electron chi connectivity index (χ4n) is 1.27. The minimum absolute atomic E-state index is 0.839. The van der Waals surface area contributed by atoms with Crippen molar-refractivity contribution < 1.29 is 0 Å². The summed E-state index contributed by atoms with van der Waals surface area (Å²) in [6.07, 6.45) is 7.97. The summed E-state index contributed by atoms with van der Waals surface area (Å²) in [7, 11) is 0. The third-order valence-electron chi connectivity index (χ3n) is 2.09. The van der Waals surface area contributed by atoms with E-state index in [1.54, 1.807) is 0 Å². The Morgan fingerprint density at radius 3 is 3.00 bits per heavy atom. The first-order valence-corrected chi connectivity index (χ1v) is 4.81. The monoisotopic (exact) mass is 166 g/mol. The zero-order valence-electron chi connectivity index (χ0n) is 8.08. The Morgan fingerprint density at radius 2 is 2.33 bits per heavy atom. The van der Waals surface area contributed by atoms with Crippen LogP contribution in [0.2, 0.25) is 0 Å². The van der Waals surface area contributed by atoms with Crippen molar-refractivity contribution >= 4 is 6.21 Å². The Balaban J connectivity index is 2.40. The molecule has 0 spiro atoms. The molecule has 1 rings (SSSR count). The summed E-state index contributed by atoms with van der Waals surface area (Å²) < 4.78 is 0. The van der Waals surface area contributed by atoms with Gasteiger partial charge in [0.05, 0.1) is 0 Å². The number of nitrogens with zero attached hydrogens (tertiary/aromatic N) is 2. The highest BCUT2D eigenvalue weighted by Crippen LogP contribution is 2.09. The summed E-state index contributed by atoms with van der Waals surface area (Å²) in [5.41, 5.74) is 1.38. The molecule has 0 amide bonds. The first kappa shape index (κ1) is 9.30. The quantitative estimate of drug-likeness (QED) is 0.626. The largest absolute Gasteiger partial charge is 0.358 e. The molecular formula is C10H18N2. The van der Waals surface area contributed by atoms with Gasteiger partial charge in [-0.1, -0.05) is 13.3 Å². The van der Waals surface area contributed by atoms with Crippen molar-refractivity contribution in [2.75, 3.05) is 13.2 Å². The summed E-state index contributed by atoms with van der Waals surface area (Å²) in [6, 6.07) is 0. The van der Waals surface area contributed by atoms with Crippen LogP contribution in [0.25, 0.3) is 0 Å². The molecule has 1 aliphatic rings. The van der Waals surface area contributed by atoms with Crippen molar-refractivity contribution in [3.8, 4) is 0 Å². The summed E-state index contributed by atoms with van der Waals surface area (Å²) in [6.45, 7) is 6.28. The topological polar surface area (TPSA) is 15.6 Å². The highest BCUT2D eigenvalue weighted by Gasteiger charge is 2.02. The molecule has 0 aromatic rings. The molecule has 0 atom stereocenters. The lowest BCUT2D eigenvalue weighted by Crippen LogP contribution is -2.20.